The molecule has 0 aliphatic heterocycles. The normalized spacial score (nSPS) is 12.3. The lowest BCUT2D eigenvalue weighted by Gasteiger charge is -2.17. The van der Waals surface area contributed by atoms with Gasteiger partial charge in [0.1, 0.15) is 11.5 Å². The van der Waals surface area contributed by atoms with Crippen LogP contribution in [0.15, 0.2) is 46.0 Å². The van der Waals surface area contributed by atoms with Crippen LogP contribution >= 0.6 is 0 Å². The van der Waals surface area contributed by atoms with Crippen LogP contribution in [0.4, 0.5) is 5.82 Å². The number of benzene rings is 1. The molecule has 0 fully saturated rings. The first-order valence-electron chi connectivity index (χ1n) is 7.96. The molecule has 1 atom stereocenters. The highest BCUT2D eigenvalue weighted by atomic mass is 16.1. The molecule has 124 valence electrons. The van der Waals surface area contributed by atoms with Crippen molar-refractivity contribution in [1.82, 2.24) is 14.5 Å². The second kappa shape index (κ2) is 6.31. The van der Waals surface area contributed by atoms with Crippen molar-refractivity contribution < 1.29 is 0 Å². The molecule has 1 unspecified atom stereocenters. The number of aromatic nitrogens is 3. The van der Waals surface area contributed by atoms with Crippen molar-refractivity contribution in [1.29, 1.82) is 0 Å². The topological polar surface area (TPSA) is 79.8 Å². The second-order valence-corrected chi connectivity index (χ2v) is 5.85. The molecular formula is C18H20N4O2. The third kappa shape index (κ3) is 2.95. The first-order chi connectivity index (χ1) is 11.5. The summed E-state index contributed by atoms with van der Waals surface area (Å²) in [6.45, 7) is 6.34. The smallest absolute Gasteiger partial charge is 0.351 e. The minimum Gasteiger partial charge on any atom is -0.363 e. The lowest BCUT2D eigenvalue weighted by atomic mass is 10.1. The summed E-state index contributed by atoms with van der Waals surface area (Å²) in [6, 6.07) is 11.3. The van der Waals surface area contributed by atoms with Crippen molar-refractivity contribution in [3.63, 3.8) is 0 Å². The number of aryl methyl sites for hydroxylation is 2. The van der Waals surface area contributed by atoms with Gasteiger partial charge >= 0.3 is 5.69 Å². The molecule has 2 N–H and O–H groups in total. The van der Waals surface area contributed by atoms with Crippen LogP contribution < -0.4 is 16.6 Å². The highest BCUT2D eigenvalue weighted by molar-refractivity contribution is 5.86. The van der Waals surface area contributed by atoms with Gasteiger partial charge in [-0.1, -0.05) is 29.8 Å². The molecule has 0 aliphatic carbocycles. The molecule has 6 nitrogen and oxygen atoms in total. The molecule has 1 aromatic carbocycles. The molecule has 0 bridgehead atoms. The molecule has 24 heavy (non-hydrogen) atoms. The number of hydrogen-bond acceptors (Lipinski definition) is 4. The number of H-pyrrole nitrogens is 1. The van der Waals surface area contributed by atoms with Crippen LogP contribution in [-0.4, -0.2) is 14.5 Å². The molecular weight excluding hydrogens is 304 g/mol. The summed E-state index contributed by atoms with van der Waals surface area (Å²) in [5.74, 6) is 0.477. The predicted molar refractivity (Wildman–Crippen MR) is 95.5 cm³/mol. The van der Waals surface area contributed by atoms with E-state index in [4.69, 9.17) is 0 Å². The van der Waals surface area contributed by atoms with Gasteiger partial charge in [0, 0.05) is 18.7 Å². The molecule has 3 rings (SSSR count). The van der Waals surface area contributed by atoms with Gasteiger partial charge in [-0.15, -0.1) is 0 Å². The van der Waals surface area contributed by atoms with E-state index in [9.17, 15) is 9.59 Å². The van der Waals surface area contributed by atoms with Crippen molar-refractivity contribution in [2.45, 2.75) is 33.4 Å². The number of nitrogens with one attached hydrogen (secondary N) is 2. The van der Waals surface area contributed by atoms with E-state index in [-0.39, 0.29) is 17.3 Å². The SMILES string of the molecule is CCn1c(=O)nc(NC(C)c2cccc(C)c2)c2ccc(=O)[nH]c21. The molecule has 0 amide bonds. The zero-order valence-electron chi connectivity index (χ0n) is 14.0. The fourth-order valence-corrected chi connectivity index (χ4v) is 2.81. The average Bonchev–Trinajstić information content (AvgIpc) is 2.54. The minimum atomic E-state index is -0.384. The van der Waals surface area contributed by atoms with Gasteiger partial charge in [0.25, 0.3) is 0 Å². The van der Waals surface area contributed by atoms with E-state index in [0.717, 1.165) is 10.9 Å². The Morgan fingerprint density at radius 1 is 1.25 bits per heavy atom. The lowest BCUT2D eigenvalue weighted by molar-refractivity contribution is 0.719. The Hall–Kier alpha value is -2.89. The molecule has 0 aliphatic rings. The van der Waals surface area contributed by atoms with Gasteiger partial charge in [-0.05, 0) is 32.4 Å². The fraction of sp³-hybridized carbons (Fsp3) is 0.278. The predicted octanol–water partition coefficient (Wildman–Crippen LogP) is 2.59. The standard InChI is InChI=1S/C18H20N4O2/c1-4-22-17-14(8-9-15(23)20-17)16(21-18(22)24)19-12(3)13-7-5-6-11(2)10-13/h5-10,12H,4H2,1-3H3,(H,20,23)(H,19,21,24). The van der Waals surface area contributed by atoms with Gasteiger partial charge in [-0.3, -0.25) is 9.36 Å². The summed E-state index contributed by atoms with van der Waals surface area (Å²) in [5, 5.41) is 4.01. The van der Waals surface area contributed by atoms with Crippen molar-refractivity contribution in [2.75, 3.05) is 5.32 Å². The minimum absolute atomic E-state index is 0.0237. The maximum atomic E-state index is 12.3. The summed E-state index contributed by atoms with van der Waals surface area (Å²) >= 11 is 0. The van der Waals surface area contributed by atoms with Gasteiger partial charge in [0.05, 0.1) is 5.39 Å². The van der Waals surface area contributed by atoms with Gasteiger partial charge in [-0.2, -0.15) is 4.98 Å². The first-order valence-corrected chi connectivity index (χ1v) is 7.96. The Balaban J connectivity index is 2.10. The van der Waals surface area contributed by atoms with E-state index >= 15 is 0 Å². The number of pyridine rings is 1. The molecule has 0 saturated carbocycles. The molecule has 0 saturated heterocycles. The van der Waals surface area contributed by atoms with E-state index < -0.39 is 0 Å². The Labute approximate surface area is 139 Å². The van der Waals surface area contributed by atoms with Crippen molar-refractivity contribution in [2.24, 2.45) is 0 Å². The lowest BCUT2D eigenvalue weighted by Crippen LogP contribution is -2.26. The van der Waals surface area contributed by atoms with Gasteiger partial charge in [0.2, 0.25) is 5.56 Å². The largest absolute Gasteiger partial charge is 0.363 e. The van der Waals surface area contributed by atoms with Crippen LogP contribution in [0.3, 0.4) is 0 Å². The second-order valence-electron chi connectivity index (χ2n) is 5.85. The maximum absolute atomic E-state index is 12.3. The fourth-order valence-electron chi connectivity index (χ4n) is 2.81. The summed E-state index contributed by atoms with van der Waals surface area (Å²) in [7, 11) is 0. The molecule has 6 heteroatoms. The Kier molecular flexibility index (Phi) is 4.20. The van der Waals surface area contributed by atoms with Crippen LogP contribution in [-0.2, 0) is 6.54 Å². The molecule has 0 radical (unpaired) electrons. The summed E-state index contributed by atoms with van der Waals surface area (Å²) in [5.41, 5.74) is 2.14. The van der Waals surface area contributed by atoms with Gasteiger partial charge in [0.15, 0.2) is 0 Å². The molecule has 0 spiro atoms. The molecule has 2 aromatic heterocycles. The van der Waals surface area contributed by atoms with E-state index in [0.29, 0.717) is 18.0 Å². The van der Waals surface area contributed by atoms with Crippen molar-refractivity contribution >= 4 is 16.9 Å². The summed E-state index contributed by atoms with van der Waals surface area (Å²) < 4.78 is 1.46. The monoisotopic (exact) mass is 324 g/mol. The van der Waals surface area contributed by atoms with E-state index in [2.05, 4.69) is 21.4 Å². The Morgan fingerprint density at radius 2 is 2.04 bits per heavy atom. The molecule has 3 aromatic rings. The van der Waals surface area contributed by atoms with E-state index in [1.54, 1.807) is 6.07 Å². The Bertz CT molecular complexity index is 1000. The highest BCUT2D eigenvalue weighted by Gasteiger charge is 2.13. The number of fused-ring (bicyclic) bond motifs is 1. The van der Waals surface area contributed by atoms with Gasteiger partial charge in [-0.25, -0.2) is 4.79 Å². The number of rotatable bonds is 4. The summed E-state index contributed by atoms with van der Waals surface area (Å²) in [6.07, 6.45) is 0. The quantitative estimate of drug-likeness (QED) is 0.773. The third-order valence-electron chi connectivity index (χ3n) is 4.07. The maximum Gasteiger partial charge on any atom is 0.351 e. The van der Waals surface area contributed by atoms with Crippen LogP contribution in [0, 0.1) is 6.92 Å². The number of anilines is 1. The van der Waals surface area contributed by atoms with Crippen molar-refractivity contribution in [3.8, 4) is 0 Å². The number of nitrogens with zero attached hydrogens (tertiary/aromatic N) is 2. The van der Waals surface area contributed by atoms with Crippen LogP contribution in [0.25, 0.3) is 11.0 Å². The summed E-state index contributed by atoms with van der Waals surface area (Å²) in [4.78, 5) is 30.8. The number of hydrogen-bond donors (Lipinski definition) is 2. The average molecular weight is 324 g/mol. The Morgan fingerprint density at radius 3 is 2.75 bits per heavy atom. The third-order valence-corrected chi connectivity index (χ3v) is 4.07. The van der Waals surface area contributed by atoms with Crippen LogP contribution in [0.1, 0.15) is 31.0 Å². The van der Waals surface area contributed by atoms with Crippen LogP contribution in [0.2, 0.25) is 0 Å². The highest BCUT2D eigenvalue weighted by Crippen LogP contribution is 2.23. The van der Waals surface area contributed by atoms with E-state index in [1.807, 2.05) is 39.0 Å². The first kappa shape index (κ1) is 16.0. The van der Waals surface area contributed by atoms with Crippen LogP contribution in [0.5, 0.6) is 0 Å². The number of aromatic amines is 1. The van der Waals surface area contributed by atoms with Gasteiger partial charge < -0.3 is 10.3 Å². The zero-order chi connectivity index (χ0) is 17.3. The van der Waals surface area contributed by atoms with E-state index in [1.165, 1.54) is 16.2 Å². The molecule has 2 heterocycles. The van der Waals surface area contributed by atoms with Crippen molar-refractivity contribution in [3.05, 3.63) is 68.4 Å². The zero-order valence-corrected chi connectivity index (χ0v) is 14.0.